The molecule has 0 amide bonds. The minimum absolute atomic E-state index is 0.0665. The Kier molecular flexibility index (Phi) is 5.23. The lowest BCUT2D eigenvalue weighted by Gasteiger charge is -2.35. The molecule has 7 nitrogen and oxygen atoms in total. The lowest BCUT2D eigenvalue weighted by atomic mass is 9.86. The molecule has 4 N–H and O–H groups in total. The van der Waals surface area contributed by atoms with Gasteiger partial charge in [-0.2, -0.15) is 5.10 Å². The molecule has 1 aromatic heterocycles. The lowest BCUT2D eigenvalue weighted by molar-refractivity contribution is 0.100. The number of fused-ring (bicyclic) bond motifs is 1. The van der Waals surface area contributed by atoms with E-state index in [9.17, 15) is 15.0 Å². The van der Waals surface area contributed by atoms with Crippen molar-refractivity contribution in [2.24, 2.45) is 11.7 Å². The van der Waals surface area contributed by atoms with E-state index in [1.807, 2.05) is 12.1 Å². The monoisotopic (exact) mass is 385 g/mol. The van der Waals surface area contributed by atoms with E-state index in [0.717, 1.165) is 36.1 Å². The van der Waals surface area contributed by atoms with Crippen LogP contribution in [0.2, 0.25) is 0 Å². The summed E-state index contributed by atoms with van der Waals surface area (Å²) in [7, 11) is 0. The van der Waals surface area contributed by atoms with E-state index >= 15 is 0 Å². The van der Waals surface area contributed by atoms with Gasteiger partial charge < -0.3 is 20.7 Å². The van der Waals surface area contributed by atoms with Gasteiger partial charge in [-0.1, -0.05) is 0 Å². The highest BCUT2D eigenvalue weighted by Crippen LogP contribution is 2.47. The molecule has 7 heteroatoms. The first-order valence-corrected chi connectivity index (χ1v) is 9.94. The van der Waals surface area contributed by atoms with E-state index in [4.69, 9.17) is 15.6 Å². The number of hydrogen-bond donors (Lipinski definition) is 3. The van der Waals surface area contributed by atoms with Crippen LogP contribution < -0.4 is 16.0 Å². The summed E-state index contributed by atoms with van der Waals surface area (Å²) in [5.74, 6) is 1.12. The van der Waals surface area contributed by atoms with Gasteiger partial charge in [-0.25, -0.2) is 4.68 Å². The number of ether oxygens (including phenoxy) is 1. The molecule has 0 atom stereocenters. The fourth-order valence-electron chi connectivity index (χ4n) is 4.41. The average Bonchev–Trinajstić information content (AvgIpc) is 3.46. The van der Waals surface area contributed by atoms with Gasteiger partial charge in [0, 0.05) is 37.3 Å². The third-order valence-electron chi connectivity index (χ3n) is 6.04. The summed E-state index contributed by atoms with van der Waals surface area (Å²) in [6, 6.07) is 7.69. The summed E-state index contributed by atoms with van der Waals surface area (Å²) in [6.07, 6.45) is 3.56. The molecule has 0 unspecified atom stereocenters. The van der Waals surface area contributed by atoms with Gasteiger partial charge in [0.2, 0.25) is 0 Å². The van der Waals surface area contributed by atoms with Crippen molar-refractivity contribution >= 4 is 0 Å². The third-order valence-corrected chi connectivity index (χ3v) is 6.04. The second-order valence-electron chi connectivity index (χ2n) is 7.72. The van der Waals surface area contributed by atoms with Gasteiger partial charge in [-0.3, -0.25) is 4.79 Å². The summed E-state index contributed by atoms with van der Waals surface area (Å²) >= 11 is 0. The smallest absolute Gasteiger partial charge is 0.271 e. The van der Waals surface area contributed by atoms with Crippen molar-refractivity contribution in [2.75, 3.05) is 19.8 Å². The van der Waals surface area contributed by atoms with Gasteiger partial charge in [0.05, 0.1) is 17.8 Å². The van der Waals surface area contributed by atoms with Gasteiger partial charge >= 0.3 is 0 Å². The number of aromatic nitrogens is 2. The van der Waals surface area contributed by atoms with Gasteiger partial charge in [-0.15, -0.1) is 0 Å². The minimum Gasteiger partial charge on any atom is -0.493 e. The normalized spacial score (nSPS) is 16.1. The van der Waals surface area contributed by atoms with Crippen LogP contribution in [0.4, 0.5) is 0 Å². The van der Waals surface area contributed by atoms with Crippen LogP contribution in [0.5, 0.6) is 5.75 Å². The molecule has 150 valence electrons. The molecule has 0 radical (unpaired) electrons. The second-order valence-corrected chi connectivity index (χ2v) is 7.72. The second kappa shape index (κ2) is 7.66. The van der Waals surface area contributed by atoms with Crippen LogP contribution >= 0.6 is 0 Å². The largest absolute Gasteiger partial charge is 0.493 e. The number of nitrogens with two attached hydrogens (primary N) is 1. The molecule has 2 aliphatic rings. The molecule has 0 spiro atoms. The molecule has 1 fully saturated rings. The Morgan fingerprint density at radius 3 is 2.61 bits per heavy atom. The first-order valence-electron chi connectivity index (χ1n) is 9.94. The van der Waals surface area contributed by atoms with Crippen molar-refractivity contribution in [1.82, 2.24) is 9.78 Å². The van der Waals surface area contributed by atoms with Crippen molar-refractivity contribution in [3.05, 3.63) is 45.7 Å². The zero-order valence-electron chi connectivity index (χ0n) is 15.9. The number of aliphatic hydroxyl groups is 2. The Morgan fingerprint density at radius 2 is 1.96 bits per heavy atom. The van der Waals surface area contributed by atoms with Crippen LogP contribution in [0.25, 0.3) is 11.3 Å². The Hall–Kier alpha value is -2.22. The van der Waals surface area contributed by atoms with E-state index in [0.29, 0.717) is 30.7 Å². The average molecular weight is 385 g/mol. The van der Waals surface area contributed by atoms with Gasteiger partial charge in [0.25, 0.3) is 5.56 Å². The van der Waals surface area contributed by atoms with Gasteiger partial charge in [0.15, 0.2) is 0 Å². The molecule has 1 saturated carbocycles. The molecule has 0 saturated heterocycles. The molecule has 1 aromatic carbocycles. The maximum Gasteiger partial charge on any atom is 0.271 e. The van der Waals surface area contributed by atoms with Crippen molar-refractivity contribution in [2.45, 2.75) is 44.2 Å². The van der Waals surface area contributed by atoms with Crippen LogP contribution in [0.3, 0.4) is 0 Å². The zero-order chi connectivity index (χ0) is 19.7. The summed E-state index contributed by atoms with van der Waals surface area (Å²) in [6.45, 7) is 0.658. The maximum atomic E-state index is 13.1. The molecular formula is C21H27N3O4. The first kappa shape index (κ1) is 19.1. The molecule has 2 heterocycles. The Morgan fingerprint density at radius 1 is 1.21 bits per heavy atom. The summed E-state index contributed by atoms with van der Waals surface area (Å²) < 4.78 is 7.10. The number of aliphatic hydroxyl groups excluding tert-OH is 2. The lowest BCUT2D eigenvalue weighted by Crippen LogP contribution is -2.47. The molecule has 28 heavy (non-hydrogen) atoms. The summed E-state index contributed by atoms with van der Waals surface area (Å²) in [4.78, 5) is 13.1. The third kappa shape index (κ3) is 3.23. The van der Waals surface area contributed by atoms with Crippen molar-refractivity contribution in [3.63, 3.8) is 0 Å². The van der Waals surface area contributed by atoms with E-state index in [2.05, 4.69) is 6.07 Å². The minimum atomic E-state index is -0.680. The van der Waals surface area contributed by atoms with Crippen molar-refractivity contribution < 1.29 is 14.9 Å². The SMILES string of the molecule is NCc1cc(-c2ccc3c(c2)CCO3)nn(C(CCO)(CCO)C2CC2)c1=O. The molecule has 1 aliphatic heterocycles. The number of hydrogen-bond acceptors (Lipinski definition) is 6. The molecule has 4 rings (SSSR count). The first-order chi connectivity index (χ1) is 13.6. The van der Waals surface area contributed by atoms with Crippen LogP contribution in [-0.2, 0) is 18.5 Å². The highest BCUT2D eigenvalue weighted by molar-refractivity contribution is 5.62. The fraction of sp³-hybridized carbons (Fsp3) is 0.524. The number of rotatable bonds is 8. The number of nitrogens with zero attached hydrogens (tertiary/aromatic N) is 2. The highest BCUT2D eigenvalue weighted by atomic mass is 16.5. The van der Waals surface area contributed by atoms with E-state index < -0.39 is 5.54 Å². The fourth-order valence-corrected chi connectivity index (χ4v) is 4.41. The maximum absolute atomic E-state index is 13.1. The molecule has 0 bridgehead atoms. The Labute approximate surface area is 163 Å². The van der Waals surface area contributed by atoms with E-state index in [1.165, 1.54) is 4.68 Å². The number of benzene rings is 1. The predicted molar refractivity (Wildman–Crippen MR) is 105 cm³/mol. The van der Waals surface area contributed by atoms with E-state index in [1.54, 1.807) is 6.07 Å². The van der Waals surface area contributed by atoms with E-state index in [-0.39, 0.29) is 31.2 Å². The predicted octanol–water partition coefficient (Wildman–Crippen LogP) is 1.17. The van der Waals surface area contributed by atoms with Crippen LogP contribution in [0, 0.1) is 5.92 Å². The van der Waals surface area contributed by atoms with Crippen molar-refractivity contribution in [1.29, 1.82) is 0 Å². The van der Waals surface area contributed by atoms with Crippen LogP contribution in [-0.4, -0.2) is 39.8 Å². The van der Waals surface area contributed by atoms with Gasteiger partial charge in [0.1, 0.15) is 5.75 Å². The zero-order valence-corrected chi connectivity index (χ0v) is 15.9. The molecular weight excluding hydrogens is 358 g/mol. The standard InChI is InChI=1S/C21H27N3O4/c22-13-16-12-18(14-1-4-19-15(11-14)5-10-28-19)23-24(20(16)27)21(6-8-25,7-9-26)17-2-3-17/h1,4,11-12,17,25-26H,2-3,5-10,13,22H2. The van der Waals surface area contributed by atoms with Crippen LogP contribution in [0.15, 0.2) is 29.1 Å². The molecule has 2 aromatic rings. The topological polar surface area (TPSA) is 111 Å². The Bertz CT molecular complexity index is 914. The summed E-state index contributed by atoms with van der Waals surface area (Å²) in [5, 5.41) is 24.2. The molecule has 1 aliphatic carbocycles. The Balaban J connectivity index is 1.87. The quantitative estimate of drug-likeness (QED) is 0.629. The summed E-state index contributed by atoms with van der Waals surface area (Å²) in [5.41, 5.74) is 8.17. The van der Waals surface area contributed by atoms with Crippen LogP contribution in [0.1, 0.15) is 36.8 Å². The van der Waals surface area contributed by atoms with Gasteiger partial charge in [-0.05, 0) is 61.4 Å². The van der Waals surface area contributed by atoms with Crippen molar-refractivity contribution in [3.8, 4) is 17.0 Å². The highest BCUT2D eigenvalue weighted by Gasteiger charge is 2.47.